The minimum absolute atomic E-state index is 0.0499. The van der Waals surface area contributed by atoms with Crippen molar-refractivity contribution in [1.82, 2.24) is 25.7 Å². The second-order valence-corrected chi connectivity index (χ2v) is 7.27. The summed E-state index contributed by atoms with van der Waals surface area (Å²) < 4.78 is 10.2. The number of ether oxygens (including phenoxy) is 1. The van der Waals surface area contributed by atoms with E-state index < -0.39 is 0 Å². The number of rotatable bonds is 6. The number of benzene rings is 1. The van der Waals surface area contributed by atoms with Gasteiger partial charge in [0.05, 0.1) is 12.0 Å². The molecule has 0 aliphatic carbocycles. The Kier molecular flexibility index (Phi) is 6.82. The van der Waals surface area contributed by atoms with E-state index in [1.54, 1.807) is 11.8 Å². The molecule has 0 spiro atoms. The van der Waals surface area contributed by atoms with Gasteiger partial charge in [0.1, 0.15) is 6.61 Å². The lowest BCUT2D eigenvalue weighted by atomic mass is 9.91. The average molecular weight is 401 g/mol. The number of amides is 3. The summed E-state index contributed by atoms with van der Waals surface area (Å²) in [6.45, 7) is 5.05. The van der Waals surface area contributed by atoms with Gasteiger partial charge in [-0.25, -0.2) is 4.79 Å². The molecule has 1 aliphatic heterocycles. The number of hydrogen-bond acceptors (Lipinski definition) is 6. The largest absolute Gasteiger partial charge is 0.375 e. The van der Waals surface area contributed by atoms with Crippen molar-refractivity contribution in [3.63, 3.8) is 0 Å². The van der Waals surface area contributed by atoms with Crippen molar-refractivity contribution in [2.75, 3.05) is 26.8 Å². The van der Waals surface area contributed by atoms with Crippen molar-refractivity contribution < 1.29 is 18.8 Å². The first-order valence-corrected chi connectivity index (χ1v) is 9.63. The number of nitrogens with zero attached hydrogens (tertiary/aromatic N) is 3. The average Bonchev–Trinajstić information content (AvgIpc) is 3.13. The minimum Gasteiger partial charge on any atom is -0.375 e. The molecule has 2 heterocycles. The Hall–Kier alpha value is -2.94. The number of methoxy groups -OCH3 is 1. The van der Waals surface area contributed by atoms with Crippen LogP contribution in [0.1, 0.15) is 35.2 Å². The van der Waals surface area contributed by atoms with E-state index in [0.29, 0.717) is 37.8 Å². The summed E-state index contributed by atoms with van der Waals surface area (Å²) in [6.07, 6.45) is 0.609. The molecule has 2 aromatic rings. The second kappa shape index (κ2) is 9.51. The Morgan fingerprint density at radius 3 is 2.69 bits per heavy atom. The van der Waals surface area contributed by atoms with Gasteiger partial charge in [0.2, 0.25) is 11.8 Å². The highest BCUT2D eigenvalue weighted by Crippen LogP contribution is 2.27. The van der Waals surface area contributed by atoms with Gasteiger partial charge in [0.25, 0.3) is 0 Å². The lowest BCUT2D eigenvalue weighted by molar-refractivity contribution is -0.126. The molecule has 9 nitrogen and oxygen atoms in total. The zero-order chi connectivity index (χ0) is 20.8. The highest BCUT2D eigenvalue weighted by Gasteiger charge is 2.36. The van der Waals surface area contributed by atoms with Gasteiger partial charge in [0, 0.05) is 26.7 Å². The van der Waals surface area contributed by atoms with Crippen molar-refractivity contribution >= 4 is 11.9 Å². The van der Waals surface area contributed by atoms with E-state index >= 15 is 0 Å². The molecule has 0 bridgehead atoms. The lowest BCUT2D eigenvalue weighted by Crippen LogP contribution is -2.55. The predicted octanol–water partition coefficient (Wildman–Crippen LogP) is 1.52. The maximum Gasteiger partial charge on any atom is 0.317 e. The molecule has 1 aromatic carbocycles. The van der Waals surface area contributed by atoms with Crippen LogP contribution in [0.5, 0.6) is 0 Å². The number of nitrogens with one attached hydrogen (secondary N) is 2. The quantitative estimate of drug-likeness (QED) is 0.759. The molecule has 1 saturated heterocycles. The van der Waals surface area contributed by atoms with E-state index in [1.807, 2.05) is 31.2 Å². The number of likely N-dealkylation sites (tertiary alicyclic amines) is 1. The van der Waals surface area contributed by atoms with Crippen LogP contribution in [0.25, 0.3) is 0 Å². The van der Waals surface area contributed by atoms with Crippen molar-refractivity contribution in [1.29, 1.82) is 0 Å². The normalized spacial score (nSPS) is 19.1. The molecule has 9 heteroatoms. The molecule has 29 heavy (non-hydrogen) atoms. The van der Waals surface area contributed by atoms with E-state index in [2.05, 4.69) is 20.8 Å². The number of carbonyl (C=O) groups is 2. The first-order valence-electron chi connectivity index (χ1n) is 9.63. The van der Waals surface area contributed by atoms with Gasteiger partial charge in [-0.05, 0) is 25.8 Å². The summed E-state index contributed by atoms with van der Waals surface area (Å²) in [5.41, 5.74) is 2.21. The molecule has 1 fully saturated rings. The second-order valence-electron chi connectivity index (χ2n) is 7.27. The molecule has 1 aromatic heterocycles. The van der Waals surface area contributed by atoms with E-state index in [-0.39, 0.29) is 30.5 Å². The SMILES string of the molecule is COCC(=O)N[C@@H]1CN(C(=O)NCc2ccc(C)cc2)CC[C@@H]1c1nc(C)no1. The third-order valence-corrected chi connectivity index (χ3v) is 4.95. The van der Waals surface area contributed by atoms with E-state index in [9.17, 15) is 9.59 Å². The van der Waals surface area contributed by atoms with Crippen molar-refractivity contribution in [2.24, 2.45) is 0 Å². The Labute approximate surface area is 169 Å². The third-order valence-electron chi connectivity index (χ3n) is 4.95. The highest BCUT2D eigenvalue weighted by atomic mass is 16.5. The fraction of sp³-hybridized carbons (Fsp3) is 0.500. The smallest absolute Gasteiger partial charge is 0.317 e. The van der Waals surface area contributed by atoms with Gasteiger partial charge in [-0.3, -0.25) is 4.79 Å². The van der Waals surface area contributed by atoms with Crippen LogP contribution in [0.4, 0.5) is 4.79 Å². The molecule has 3 rings (SSSR count). The molecule has 0 radical (unpaired) electrons. The van der Waals surface area contributed by atoms with Crippen LogP contribution >= 0.6 is 0 Å². The van der Waals surface area contributed by atoms with Crippen LogP contribution in [0.3, 0.4) is 0 Å². The molecule has 1 aliphatic rings. The third kappa shape index (κ3) is 5.54. The number of aryl methyl sites for hydroxylation is 2. The highest BCUT2D eigenvalue weighted by molar-refractivity contribution is 5.78. The van der Waals surface area contributed by atoms with E-state index in [0.717, 1.165) is 5.56 Å². The first kappa shape index (κ1) is 20.8. The number of piperidine rings is 1. The molecule has 2 N–H and O–H groups in total. The van der Waals surface area contributed by atoms with E-state index in [4.69, 9.17) is 9.26 Å². The standard InChI is InChI=1S/C20H27N5O4/c1-13-4-6-15(7-5-13)10-21-20(27)25-9-8-16(19-22-14(2)24-29-19)17(11-25)23-18(26)12-28-3/h4-7,16-17H,8-12H2,1-3H3,(H,21,27)(H,23,26)/t16-,17+/m0/s1. The number of urea groups is 1. The Morgan fingerprint density at radius 1 is 1.28 bits per heavy atom. The lowest BCUT2D eigenvalue weighted by Gasteiger charge is -2.37. The molecule has 156 valence electrons. The van der Waals surface area contributed by atoms with Crippen LogP contribution in [0.2, 0.25) is 0 Å². The minimum atomic E-state index is -0.337. The van der Waals surface area contributed by atoms with Crippen LogP contribution < -0.4 is 10.6 Å². The Morgan fingerprint density at radius 2 is 2.03 bits per heavy atom. The summed E-state index contributed by atoms with van der Waals surface area (Å²) >= 11 is 0. The zero-order valence-electron chi connectivity index (χ0n) is 17.0. The van der Waals surface area contributed by atoms with Crippen LogP contribution in [0, 0.1) is 13.8 Å². The van der Waals surface area contributed by atoms with Gasteiger partial charge in [-0.15, -0.1) is 0 Å². The Bertz CT molecular complexity index is 836. The van der Waals surface area contributed by atoms with Gasteiger partial charge >= 0.3 is 6.03 Å². The zero-order valence-corrected chi connectivity index (χ0v) is 17.0. The van der Waals surface area contributed by atoms with Crippen molar-refractivity contribution in [3.8, 4) is 0 Å². The first-order chi connectivity index (χ1) is 14.0. The summed E-state index contributed by atoms with van der Waals surface area (Å²) in [7, 11) is 1.46. The molecule has 0 unspecified atom stereocenters. The number of aromatic nitrogens is 2. The molecule has 2 atom stereocenters. The Balaban J connectivity index is 1.64. The number of carbonyl (C=O) groups excluding carboxylic acids is 2. The molecular weight excluding hydrogens is 374 g/mol. The van der Waals surface area contributed by atoms with Crippen LogP contribution in [-0.2, 0) is 16.1 Å². The number of hydrogen-bond donors (Lipinski definition) is 2. The van der Waals surface area contributed by atoms with Gasteiger partial charge in [-0.1, -0.05) is 35.0 Å². The topological polar surface area (TPSA) is 110 Å². The molecular formula is C20H27N5O4. The van der Waals surface area contributed by atoms with Gasteiger partial charge in [-0.2, -0.15) is 4.98 Å². The fourth-order valence-electron chi connectivity index (χ4n) is 3.42. The predicted molar refractivity (Wildman–Crippen MR) is 105 cm³/mol. The van der Waals surface area contributed by atoms with Crippen LogP contribution in [0.15, 0.2) is 28.8 Å². The van der Waals surface area contributed by atoms with Gasteiger partial charge in [0.15, 0.2) is 5.82 Å². The summed E-state index contributed by atoms with van der Waals surface area (Å²) in [5, 5.41) is 9.72. The van der Waals surface area contributed by atoms with E-state index in [1.165, 1.54) is 12.7 Å². The summed E-state index contributed by atoms with van der Waals surface area (Å²) in [6, 6.07) is 7.51. The summed E-state index contributed by atoms with van der Waals surface area (Å²) in [4.78, 5) is 30.8. The molecule has 0 saturated carbocycles. The van der Waals surface area contributed by atoms with Crippen molar-refractivity contribution in [2.45, 2.75) is 38.8 Å². The fourth-order valence-corrected chi connectivity index (χ4v) is 3.42. The molecule has 3 amide bonds. The maximum atomic E-state index is 12.7. The maximum absolute atomic E-state index is 12.7. The van der Waals surface area contributed by atoms with Gasteiger partial charge < -0.3 is 24.8 Å². The monoisotopic (exact) mass is 401 g/mol. The van der Waals surface area contributed by atoms with Crippen molar-refractivity contribution in [3.05, 3.63) is 47.1 Å². The summed E-state index contributed by atoms with van der Waals surface area (Å²) in [5.74, 6) is 0.615. The van der Waals surface area contributed by atoms with Crippen LogP contribution in [-0.4, -0.2) is 59.8 Å².